The zero-order valence-corrected chi connectivity index (χ0v) is 9.96. The highest BCUT2D eigenvalue weighted by Crippen LogP contribution is 2.10. The van der Waals surface area contributed by atoms with Crippen molar-refractivity contribution in [2.45, 2.75) is 33.6 Å². The largest absolute Gasteiger partial charge is 0.0845 e. The molecule has 0 aromatic heterocycles. The highest BCUT2D eigenvalue weighted by molar-refractivity contribution is 5.29. The molecule has 0 saturated heterocycles. The second kappa shape index (κ2) is 6.23. The van der Waals surface area contributed by atoms with E-state index >= 15 is 0 Å². The molecule has 0 aliphatic heterocycles. The van der Waals surface area contributed by atoms with E-state index < -0.39 is 0 Å². The van der Waals surface area contributed by atoms with Crippen molar-refractivity contribution in [1.82, 2.24) is 0 Å². The Kier molecular flexibility index (Phi) is 4.89. The predicted octanol–water partition coefficient (Wildman–Crippen LogP) is 4.45. The number of aryl methyl sites for hydroxylation is 1. The first-order valence-electron chi connectivity index (χ1n) is 5.63. The van der Waals surface area contributed by atoms with Gasteiger partial charge in [-0.05, 0) is 37.8 Å². The quantitative estimate of drug-likeness (QED) is 0.630. The second-order valence-corrected chi connectivity index (χ2v) is 3.84. The molecule has 0 spiro atoms. The minimum Gasteiger partial charge on any atom is -0.0845 e. The van der Waals surface area contributed by atoms with Crippen LogP contribution < -0.4 is 0 Å². The maximum Gasteiger partial charge on any atom is -0.00292 e. The molecule has 0 unspecified atom stereocenters. The number of rotatable bonds is 4. The monoisotopic (exact) mass is 200 g/mol. The average molecular weight is 200 g/mol. The molecule has 0 amide bonds. The predicted molar refractivity (Wildman–Crippen MR) is 68.1 cm³/mol. The van der Waals surface area contributed by atoms with Gasteiger partial charge in [-0.3, -0.25) is 0 Å². The number of hydrogen-bond donors (Lipinski definition) is 0. The minimum absolute atomic E-state index is 1.03. The SMILES string of the molecule is C/C=C(/C=C/CC)Cc1ccc(C)cc1. The molecule has 0 heteroatoms. The van der Waals surface area contributed by atoms with Crippen LogP contribution in [0.4, 0.5) is 0 Å². The number of benzene rings is 1. The van der Waals surface area contributed by atoms with Crippen molar-refractivity contribution >= 4 is 0 Å². The molecular formula is C15H20. The molecule has 1 aromatic carbocycles. The fraction of sp³-hybridized carbons (Fsp3) is 0.333. The normalized spacial score (nSPS) is 12.3. The number of allylic oxidation sites excluding steroid dienone is 4. The molecular weight excluding hydrogens is 180 g/mol. The van der Waals surface area contributed by atoms with E-state index in [-0.39, 0.29) is 0 Å². The van der Waals surface area contributed by atoms with E-state index in [0.29, 0.717) is 0 Å². The zero-order valence-electron chi connectivity index (χ0n) is 9.96. The van der Waals surface area contributed by atoms with Crippen LogP contribution in [0.3, 0.4) is 0 Å². The van der Waals surface area contributed by atoms with Gasteiger partial charge in [0.05, 0.1) is 0 Å². The Hall–Kier alpha value is -1.30. The third kappa shape index (κ3) is 4.16. The lowest BCUT2D eigenvalue weighted by atomic mass is 10.0. The van der Waals surface area contributed by atoms with Crippen molar-refractivity contribution in [3.8, 4) is 0 Å². The summed E-state index contributed by atoms with van der Waals surface area (Å²) in [4.78, 5) is 0. The second-order valence-electron chi connectivity index (χ2n) is 3.84. The highest BCUT2D eigenvalue weighted by Gasteiger charge is 1.95. The van der Waals surface area contributed by atoms with E-state index in [0.717, 1.165) is 12.8 Å². The molecule has 1 rings (SSSR count). The van der Waals surface area contributed by atoms with Crippen LogP contribution in [0, 0.1) is 6.92 Å². The van der Waals surface area contributed by atoms with Gasteiger partial charge in [-0.1, -0.05) is 55.0 Å². The minimum atomic E-state index is 1.03. The molecule has 0 fully saturated rings. The van der Waals surface area contributed by atoms with Crippen LogP contribution in [0.1, 0.15) is 31.4 Å². The van der Waals surface area contributed by atoms with Crippen LogP contribution in [0.15, 0.2) is 48.1 Å². The van der Waals surface area contributed by atoms with Gasteiger partial charge in [-0.2, -0.15) is 0 Å². The van der Waals surface area contributed by atoms with Gasteiger partial charge in [0.25, 0.3) is 0 Å². The van der Waals surface area contributed by atoms with Crippen LogP contribution in [0.5, 0.6) is 0 Å². The zero-order chi connectivity index (χ0) is 11.1. The van der Waals surface area contributed by atoms with E-state index in [1.165, 1.54) is 16.7 Å². The van der Waals surface area contributed by atoms with Gasteiger partial charge >= 0.3 is 0 Å². The van der Waals surface area contributed by atoms with Gasteiger partial charge in [0, 0.05) is 0 Å². The summed E-state index contributed by atoms with van der Waals surface area (Å²) < 4.78 is 0. The fourth-order valence-electron chi connectivity index (χ4n) is 1.47. The van der Waals surface area contributed by atoms with E-state index in [1.54, 1.807) is 0 Å². The van der Waals surface area contributed by atoms with Gasteiger partial charge in [0.15, 0.2) is 0 Å². The molecule has 0 atom stereocenters. The molecule has 0 bridgehead atoms. The maximum atomic E-state index is 2.22. The van der Waals surface area contributed by atoms with Crippen LogP contribution >= 0.6 is 0 Å². The Balaban J connectivity index is 2.67. The first-order valence-corrected chi connectivity index (χ1v) is 5.63. The van der Waals surface area contributed by atoms with E-state index in [1.807, 2.05) is 0 Å². The first-order chi connectivity index (χ1) is 7.26. The van der Waals surface area contributed by atoms with Crippen molar-refractivity contribution in [2.75, 3.05) is 0 Å². The molecule has 0 N–H and O–H groups in total. The summed E-state index contributed by atoms with van der Waals surface area (Å²) in [7, 11) is 0. The molecule has 80 valence electrons. The Morgan fingerprint density at radius 2 is 1.87 bits per heavy atom. The van der Waals surface area contributed by atoms with Crippen LogP contribution in [-0.4, -0.2) is 0 Å². The highest BCUT2D eigenvalue weighted by atomic mass is 14.0. The number of hydrogen-bond acceptors (Lipinski definition) is 0. The van der Waals surface area contributed by atoms with Gasteiger partial charge in [0.2, 0.25) is 0 Å². The Bertz CT molecular complexity index is 339. The van der Waals surface area contributed by atoms with Crippen molar-refractivity contribution in [2.24, 2.45) is 0 Å². The van der Waals surface area contributed by atoms with Crippen LogP contribution in [-0.2, 0) is 6.42 Å². The first kappa shape index (κ1) is 11.8. The van der Waals surface area contributed by atoms with E-state index in [2.05, 4.69) is 63.3 Å². The molecule has 0 aliphatic rings. The lowest BCUT2D eigenvalue weighted by Gasteiger charge is -2.02. The fourth-order valence-corrected chi connectivity index (χ4v) is 1.47. The van der Waals surface area contributed by atoms with Crippen LogP contribution in [0.25, 0.3) is 0 Å². The van der Waals surface area contributed by atoms with Gasteiger partial charge in [0.1, 0.15) is 0 Å². The Morgan fingerprint density at radius 1 is 1.20 bits per heavy atom. The summed E-state index contributed by atoms with van der Waals surface area (Å²) in [5.74, 6) is 0. The lowest BCUT2D eigenvalue weighted by molar-refractivity contribution is 1.16. The van der Waals surface area contributed by atoms with Gasteiger partial charge in [-0.25, -0.2) is 0 Å². The molecule has 1 aromatic rings. The van der Waals surface area contributed by atoms with Crippen molar-refractivity contribution in [3.05, 3.63) is 59.2 Å². The van der Waals surface area contributed by atoms with Crippen molar-refractivity contribution in [3.63, 3.8) is 0 Å². The standard InChI is InChI=1S/C15H20/c1-4-6-7-14(5-2)12-15-10-8-13(3)9-11-15/h5-11H,4,12H2,1-3H3/b7-6+,14-5-. The summed E-state index contributed by atoms with van der Waals surface area (Å²) in [5, 5.41) is 0. The van der Waals surface area contributed by atoms with Gasteiger partial charge in [-0.15, -0.1) is 0 Å². The van der Waals surface area contributed by atoms with Crippen molar-refractivity contribution < 1.29 is 0 Å². The summed E-state index contributed by atoms with van der Waals surface area (Å²) in [6.07, 6.45) is 8.76. The van der Waals surface area contributed by atoms with Gasteiger partial charge < -0.3 is 0 Å². The third-order valence-electron chi connectivity index (χ3n) is 2.47. The summed E-state index contributed by atoms with van der Waals surface area (Å²) in [6, 6.07) is 8.76. The average Bonchev–Trinajstić information content (AvgIpc) is 2.27. The summed E-state index contributed by atoms with van der Waals surface area (Å²) in [5.41, 5.74) is 4.10. The molecule has 15 heavy (non-hydrogen) atoms. The Labute approximate surface area is 93.3 Å². The third-order valence-corrected chi connectivity index (χ3v) is 2.47. The topological polar surface area (TPSA) is 0 Å². The summed E-state index contributed by atoms with van der Waals surface area (Å²) in [6.45, 7) is 6.39. The molecule has 0 saturated carbocycles. The van der Waals surface area contributed by atoms with E-state index in [4.69, 9.17) is 0 Å². The molecule has 0 radical (unpaired) electrons. The molecule has 0 nitrogen and oxygen atoms in total. The lowest BCUT2D eigenvalue weighted by Crippen LogP contribution is -1.87. The van der Waals surface area contributed by atoms with Crippen LogP contribution in [0.2, 0.25) is 0 Å². The van der Waals surface area contributed by atoms with E-state index in [9.17, 15) is 0 Å². The summed E-state index contributed by atoms with van der Waals surface area (Å²) >= 11 is 0. The maximum absolute atomic E-state index is 2.22. The smallest absolute Gasteiger partial charge is 0.00292 e. The molecule has 0 heterocycles. The molecule has 0 aliphatic carbocycles. The Morgan fingerprint density at radius 3 is 2.40 bits per heavy atom. The van der Waals surface area contributed by atoms with Crippen molar-refractivity contribution in [1.29, 1.82) is 0 Å².